The molecule has 1 saturated heterocycles. The van der Waals surface area contributed by atoms with Gasteiger partial charge in [0.15, 0.2) is 0 Å². The zero-order chi connectivity index (χ0) is 15.0. The van der Waals surface area contributed by atoms with E-state index in [1.165, 1.54) is 25.0 Å². The van der Waals surface area contributed by atoms with Crippen LogP contribution in [0.2, 0.25) is 0 Å². The Balaban J connectivity index is 1.78. The third-order valence-electron chi connectivity index (χ3n) is 5.17. The average Bonchev–Trinajstić information content (AvgIpc) is 3.25. The van der Waals surface area contributed by atoms with Crippen LogP contribution in [-0.4, -0.2) is 29.6 Å². The standard InChI is InChI=1S/C17H24F2N2/c1-3-17(2)11-20-16(13-4-5-13)10-21(17)9-12-6-14(18)8-15(19)7-12/h6-8,13,16,20H,3-5,9-11H2,1-2H3. The van der Waals surface area contributed by atoms with Gasteiger partial charge in [-0.3, -0.25) is 4.90 Å². The molecule has 116 valence electrons. The minimum Gasteiger partial charge on any atom is -0.311 e. The first kappa shape index (κ1) is 14.9. The summed E-state index contributed by atoms with van der Waals surface area (Å²) >= 11 is 0. The second-order valence-corrected chi connectivity index (χ2v) is 6.83. The second kappa shape index (κ2) is 5.65. The van der Waals surface area contributed by atoms with Gasteiger partial charge in [-0.15, -0.1) is 0 Å². The van der Waals surface area contributed by atoms with Crippen LogP contribution in [-0.2, 0) is 6.54 Å². The lowest BCUT2D eigenvalue weighted by atomic mass is 9.90. The van der Waals surface area contributed by atoms with Crippen molar-refractivity contribution in [1.82, 2.24) is 10.2 Å². The number of rotatable bonds is 4. The molecule has 21 heavy (non-hydrogen) atoms. The fraction of sp³-hybridized carbons (Fsp3) is 0.647. The third-order valence-corrected chi connectivity index (χ3v) is 5.17. The Hall–Kier alpha value is -1.00. The summed E-state index contributed by atoms with van der Waals surface area (Å²) in [6, 6.07) is 4.37. The Labute approximate surface area is 125 Å². The molecule has 1 aromatic carbocycles. The summed E-state index contributed by atoms with van der Waals surface area (Å²) in [5.74, 6) is -0.188. The number of benzene rings is 1. The van der Waals surface area contributed by atoms with E-state index in [0.29, 0.717) is 12.6 Å². The number of nitrogens with zero attached hydrogens (tertiary/aromatic N) is 1. The Morgan fingerprint density at radius 3 is 2.48 bits per heavy atom. The Morgan fingerprint density at radius 1 is 1.24 bits per heavy atom. The maximum Gasteiger partial charge on any atom is 0.126 e. The van der Waals surface area contributed by atoms with Crippen molar-refractivity contribution in [2.24, 2.45) is 5.92 Å². The average molecular weight is 294 g/mol. The summed E-state index contributed by atoms with van der Waals surface area (Å²) in [6.07, 6.45) is 3.64. The topological polar surface area (TPSA) is 15.3 Å². The molecule has 1 aliphatic carbocycles. The quantitative estimate of drug-likeness (QED) is 0.916. The van der Waals surface area contributed by atoms with Crippen LogP contribution >= 0.6 is 0 Å². The molecule has 0 radical (unpaired) electrons. The first-order chi connectivity index (χ1) is 10.00. The Kier molecular flexibility index (Phi) is 4.02. The van der Waals surface area contributed by atoms with Crippen molar-refractivity contribution in [3.05, 3.63) is 35.4 Å². The molecule has 0 spiro atoms. The van der Waals surface area contributed by atoms with E-state index in [0.717, 1.165) is 37.1 Å². The van der Waals surface area contributed by atoms with Crippen molar-refractivity contribution in [1.29, 1.82) is 0 Å². The maximum absolute atomic E-state index is 13.4. The van der Waals surface area contributed by atoms with Crippen molar-refractivity contribution >= 4 is 0 Å². The highest BCUT2D eigenvalue weighted by Crippen LogP contribution is 2.36. The predicted molar refractivity (Wildman–Crippen MR) is 80.0 cm³/mol. The molecule has 1 N–H and O–H groups in total. The van der Waals surface area contributed by atoms with Crippen LogP contribution in [0.25, 0.3) is 0 Å². The number of hydrogen-bond acceptors (Lipinski definition) is 2. The highest BCUT2D eigenvalue weighted by Gasteiger charge is 2.41. The summed E-state index contributed by atoms with van der Waals surface area (Å²) < 4.78 is 26.8. The molecule has 0 bridgehead atoms. The fourth-order valence-electron chi connectivity index (χ4n) is 3.33. The molecule has 2 nitrogen and oxygen atoms in total. The smallest absolute Gasteiger partial charge is 0.126 e. The van der Waals surface area contributed by atoms with E-state index in [9.17, 15) is 8.78 Å². The van der Waals surface area contributed by atoms with Crippen LogP contribution in [0, 0.1) is 17.6 Å². The van der Waals surface area contributed by atoms with Gasteiger partial charge in [-0.2, -0.15) is 0 Å². The van der Waals surface area contributed by atoms with Gasteiger partial charge in [-0.25, -0.2) is 8.78 Å². The van der Waals surface area contributed by atoms with Gasteiger partial charge in [0.05, 0.1) is 0 Å². The maximum atomic E-state index is 13.4. The number of piperazine rings is 1. The van der Waals surface area contributed by atoms with E-state index in [1.54, 1.807) is 0 Å². The molecule has 1 aromatic rings. The molecule has 2 aliphatic rings. The molecule has 0 amide bonds. The normalized spacial score (nSPS) is 30.6. The van der Waals surface area contributed by atoms with Crippen molar-refractivity contribution in [3.8, 4) is 0 Å². The molecule has 2 atom stereocenters. The second-order valence-electron chi connectivity index (χ2n) is 6.83. The zero-order valence-electron chi connectivity index (χ0n) is 12.8. The van der Waals surface area contributed by atoms with Gasteiger partial charge >= 0.3 is 0 Å². The molecular weight excluding hydrogens is 270 g/mol. The molecule has 0 aromatic heterocycles. The van der Waals surface area contributed by atoms with E-state index in [-0.39, 0.29) is 5.54 Å². The summed E-state index contributed by atoms with van der Waals surface area (Å²) in [5.41, 5.74) is 0.775. The monoisotopic (exact) mass is 294 g/mol. The lowest BCUT2D eigenvalue weighted by Gasteiger charge is -2.48. The van der Waals surface area contributed by atoms with Gasteiger partial charge in [0.25, 0.3) is 0 Å². The van der Waals surface area contributed by atoms with Crippen molar-refractivity contribution in [2.75, 3.05) is 13.1 Å². The van der Waals surface area contributed by atoms with E-state index in [4.69, 9.17) is 0 Å². The van der Waals surface area contributed by atoms with E-state index >= 15 is 0 Å². The van der Waals surface area contributed by atoms with Crippen molar-refractivity contribution < 1.29 is 8.78 Å². The lowest BCUT2D eigenvalue weighted by molar-refractivity contribution is 0.0368. The largest absolute Gasteiger partial charge is 0.311 e. The Bertz CT molecular complexity index is 495. The SMILES string of the molecule is CCC1(C)CNC(C2CC2)CN1Cc1cc(F)cc(F)c1. The van der Waals surface area contributed by atoms with Gasteiger partial charge in [0, 0.05) is 37.3 Å². The molecule has 4 heteroatoms. The predicted octanol–water partition coefficient (Wildman–Crippen LogP) is 3.32. The first-order valence-corrected chi connectivity index (χ1v) is 7.93. The Morgan fingerprint density at radius 2 is 1.90 bits per heavy atom. The van der Waals surface area contributed by atoms with E-state index in [2.05, 4.69) is 24.1 Å². The van der Waals surface area contributed by atoms with Gasteiger partial charge in [0.2, 0.25) is 0 Å². The molecular formula is C17H24F2N2. The highest BCUT2D eigenvalue weighted by atomic mass is 19.1. The van der Waals surface area contributed by atoms with Crippen molar-refractivity contribution in [2.45, 2.75) is 51.2 Å². The summed E-state index contributed by atoms with van der Waals surface area (Å²) in [7, 11) is 0. The highest BCUT2D eigenvalue weighted by molar-refractivity contribution is 5.18. The number of halogens is 2. The minimum atomic E-state index is -0.489. The molecule has 1 saturated carbocycles. The van der Waals surface area contributed by atoms with Crippen LogP contribution < -0.4 is 5.32 Å². The van der Waals surface area contributed by atoms with Crippen LogP contribution in [0.4, 0.5) is 8.78 Å². The molecule has 1 heterocycles. The number of hydrogen-bond donors (Lipinski definition) is 1. The third kappa shape index (κ3) is 3.27. The summed E-state index contributed by atoms with van der Waals surface area (Å²) in [4.78, 5) is 2.40. The molecule has 3 rings (SSSR count). The van der Waals surface area contributed by atoms with Crippen LogP contribution in [0.5, 0.6) is 0 Å². The van der Waals surface area contributed by atoms with Crippen molar-refractivity contribution in [3.63, 3.8) is 0 Å². The van der Waals surface area contributed by atoms with Gasteiger partial charge in [-0.1, -0.05) is 6.92 Å². The van der Waals surface area contributed by atoms with Gasteiger partial charge in [-0.05, 0) is 49.8 Å². The van der Waals surface area contributed by atoms with E-state index < -0.39 is 11.6 Å². The summed E-state index contributed by atoms with van der Waals surface area (Å²) in [6.45, 7) is 6.94. The first-order valence-electron chi connectivity index (χ1n) is 7.93. The minimum absolute atomic E-state index is 0.0498. The van der Waals surface area contributed by atoms with Crippen LogP contribution in [0.15, 0.2) is 18.2 Å². The molecule has 2 fully saturated rings. The molecule has 2 unspecified atom stereocenters. The lowest BCUT2D eigenvalue weighted by Crippen LogP contribution is -2.63. The van der Waals surface area contributed by atoms with Crippen LogP contribution in [0.3, 0.4) is 0 Å². The van der Waals surface area contributed by atoms with E-state index in [1.807, 2.05) is 0 Å². The van der Waals surface area contributed by atoms with Crippen LogP contribution in [0.1, 0.15) is 38.7 Å². The fourth-order valence-corrected chi connectivity index (χ4v) is 3.33. The molecule has 1 aliphatic heterocycles. The zero-order valence-corrected chi connectivity index (χ0v) is 12.8. The number of nitrogens with one attached hydrogen (secondary N) is 1. The van der Waals surface area contributed by atoms with Gasteiger partial charge < -0.3 is 5.32 Å². The summed E-state index contributed by atoms with van der Waals surface area (Å²) in [5, 5.41) is 3.67. The van der Waals surface area contributed by atoms with Gasteiger partial charge in [0.1, 0.15) is 11.6 Å².